The van der Waals surface area contributed by atoms with Crippen LogP contribution in [0.4, 0.5) is 10.1 Å². The van der Waals surface area contributed by atoms with Gasteiger partial charge in [-0.05, 0) is 29.7 Å². The molecule has 2 aromatic carbocycles. The highest BCUT2D eigenvalue weighted by Crippen LogP contribution is 2.19. The molecule has 2 aromatic rings. The molecular formula is C16H17FN2O2. The largest absolute Gasteiger partial charge is 0.308 e. The highest BCUT2D eigenvalue weighted by molar-refractivity contribution is 5.40. The Hall–Kier alpha value is -2.27. The van der Waals surface area contributed by atoms with Gasteiger partial charge in [0, 0.05) is 24.7 Å². The molecule has 0 unspecified atom stereocenters. The summed E-state index contributed by atoms with van der Waals surface area (Å²) in [4.78, 5) is 10.4. The monoisotopic (exact) mass is 288 g/mol. The lowest BCUT2D eigenvalue weighted by Crippen LogP contribution is -2.15. The summed E-state index contributed by atoms with van der Waals surface area (Å²) in [5.41, 5.74) is 2.68. The van der Waals surface area contributed by atoms with Crippen LogP contribution < -0.4 is 5.32 Å². The van der Waals surface area contributed by atoms with Gasteiger partial charge in [-0.25, -0.2) is 4.39 Å². The van der Waals surface area contributed by atoms with Crippen molar-refractivity contribution < 1.29 is 9.31 Å². The summed E-state index contributed by atoms with van der Waals surface area (Å²) in [6, 6.07) is 11.5. The van der Waals surface area contributed by atoms with Crippen LogP contribution in [-0.4, -0.2) is 4.92 Å². The topological polar surface area (TPSA) is 55.2 Å². The molecule has 0 aliphatic heterocycles. The maximum absolute atomic E-state index is 13.2. The number of hydrogen-bond donors (Lipinski definition) is 1. The van der Waals surface area contributed by atoms with E-state index in [2.05, 4.69) is 18.3 Å². The molecule has 2 rings (SSSR count). The van der Waals surface area contributed by atoms with Crippen LogP contribution in [0.3, 0.4) is 0 Å². The van der Waals surface area contributed by atoms with Crippen molar-refractivity contribution in [3.8, 4) is 0 Å². The Labute approximate surface area is 122 Å². The molecule has 0 atom stereocenters. The summed E-state index contributed by atoms with van der Waals surface area (Å²) in [6.07, 6.45) is 0.929. The molecular weight excluding hydrogens is 271 g/mol. The Bertz CT molecular complexity index is 644. The standard InChI is InChI=1S/C16H17FN2O2/c1-2-12-5-3-4-6-13(12)10-18-11-14-9-15(17)7-8-16(14)19(20)21/h3-9,18H,2,10-11H2,1H3. The summed E-state index contributed by atoms with van der Waals surface area (Å²) >= 11 is 0. The highest BCUT2D eigenvalue weighted by atomic mass is 19.1. The van der Waals surface area contributed by atoms with Gasteiger partial charge in [0.25, 0.3) is 5.69 Å². The molecule has 0 aromatic heterocycles. The minimum atomic E-state index is -0.490. The van der Waals surface area contributed by atoms with Crippen molar-refractivity contribution in [3.05, 3.63) is 75.1 Å². The Morgan fingerprint density at radius 2 is 1.76 bits per heavy atom. The van der Waals surface area contributed by atoms with E-state index in [1.54, 1.807) is 0 Å². The smallest absolute Gasteiger partial charge is 0.274 e. The first-order valence-electron chi connectivity index (χ1n) is 6.82. The Kier molecular flexibility index (Phi) is 5.00. The summed E-state index contributed by atoms with van der Waals surface area (Å²) < 4.78 is 13.2. The fraction of sp³-hybridized carbons (Fsp3) is 0.250. The van der Waals surface area contributed by atoms with Crippen molar-refractivity contribution >= 4 is 5.69 Å². The van der Waals surface area contributed by atoms with Crippen molar-refractivity contribution in [3.63, 3.8) is 0 Å². The molecule has 0 amide bonds. The Morgan fingerprint density at radius 3 is 2.43 bits per heavy atom. The second-order valence-electron chi connectivity index (χ2n) is 4.76. The first-order chi connectivity index (χ1) is 10.1. The molecule has 0 aliphatic rings. The highest BCUT2D eigenvalue weighted by Gasteiger charge is 2.13. The van der Waals surface area contributed by atoms with Gasteiger partial charge in [-0.1, -0.05) is 31.2 Å². The number of hydrogen-bond acceptors (Lipinski definition) is 3. The number of nitro groups is 1. The molecule has 0 aliphatic carbocycles. The summed E-state index contributed by atoms with van der Waals surface area (Å²) in [6.45, 7) is 2.93. The van der Waals surface area contributed by atoms with Crippen LogP contribution in [-0.2, 0) is 19.5 Å². The van der Waals surface area contributed by atoms with Crippen molar-refractivity contribution in [2.24, 2.45) is 0 Å². The van der Waals surface area contributed by atoms with Gasteiger partial charge in [-0.3, -0.25) is 10.1 Å². The van der Waals surface area contributed by atoms with Gasteiger partial charge < -0.3 is 5.32 Å². The molecule has 5 heteroatoms. The van der Waals surface area contributed by atoms with Crippen LogP contribution >= 0.6 is 0 Å². The lowest BCUT2D eigenvalue weighted by molar-refractivity contribution is -0.385. The first-order valence-corrected chi connectivity index (χ1v) is 6.82. The van der Waals surface area contributed by atoms with Gasteiger partial charge in [0.15, 0.2) is 0 Å². The van der Waals surface area contributed by atoms with Crippen LogP contribution in [0.25, 0.3) is 0 Å². The predicted octanol–water partition coefficient (Wildman–Crippen LogP) is 3.59. The minimum Gasteiger partial charge on any atom is -0.308 e. The average Bonchev–Trinajstić information content (AvgIpc) is 2.47. The molecule has 0 saturated carbocycles. The number of halogens is 1. The first kappa shape index (κ1) is 15.1. The van der Waals surface area contributed by atoms with Gasteiger partial charge in [-0.2, -0.15) is 0 Å². The molecule has 110 valence electrons. The van der Waals surface area contributed by atoms with Crippen molar-refractivity contribution in [1.29, 1.82) is 0 Å². The van der Waals surface area contributed by atoms with E-state index >= 15 is 0 Å². The second-order valence-corrected chi connectivity index (χ2v) is 4.76. The van der Waals surface area contributed by atoms with Crippen LogP contribution in [0.15, 0.2) is 42.5 Å². The maximum Gasteiger partial charge on any atom is 0.274 e. The predicted molar refractivity (Wildman–Crippen MR) is 79.4 cm³/mol. The normalized spacial score (nSPS) is 10.6. The maximum atomic E-state index is 13.2. The molecule has 0 spiro atoms. The quantitative estimate of drug-likeness (QED) is 0.653. The lowest BCUT2D eigenvalue weighted by Gasteiger charge is -2.09. The van der Waals surface area contributed by atoms with E-state index in [-0.39, 0.29) is 12.2 Å². The van der Waals surface area contributed by atoms with Gasteiger partial charge in [0.1, 0.15) is 5.82 Å². The third-order valence-corrected chi connectivity index (χ3v) is 3.37. The van der Waals surface area contributed by atoms with Crippen molar-refractivity contribution in [2.75, 3.05) is 0 Å². The molecule has 1 N–H and O–H groups in total. The van der Waals surface area contributed by atoms with Gasteiger partial charge in [-0.15, -0.1) is 0 Å². The van der Waals surface area contributed by atoms with E-state index in [0.717, 1.165) is 18.1 Å². The number of nitro benzene ring substituents is 1. The molecule has 0 saturated heterocycles. The SMILES string of the molecule is CCc1ccccc1CNCc1cc(F)ccc1[N+](=O)[O-]. The molecule has 0 radical (unpaired) electrons. The van der Waals surface area contributed by atoms with E-state index in [4.69, 9.17) is 0 Å². The Morgan fingerprint density at radius 1 is 1.10 bits per heavy atom. The van der Waals surface area contributed by atoms with Crippen molar-refractivity contribution in [2.45, 2.75) is 26.4 Å². The molecule has 0 fully saturated rings. The van der Waals surface area contributed by atoms with Gasteiger partial charge in [0.2, 0.25) is 0 Å². The van der Waals surface area contributed by atoms with Crippen LogP contribution in [0.5, 0.6) is 0 Å². The fourth-order valence-corrected chi connectivity index (χ4v) is 2.28. The third-order valence-electron chi connectivity index (χ3n) is 3.37. The number of aryl methyl sites for hydroxylation is 1. The second kappa shape index (κ2) is 6.95. The van der Waals surface area contributed by atoms with Crippen LogP contribution in [0.1, 0.15) is 23.6 Å². The average molecular weight is 288 g/mol. The van der Waals surface area contributed by atoms with E-state index in [1.807, 2.05) is 18.2 Å². The Balaban J connectivity index is 2.07. The van der Waals surface area contributed by atoms with Gasteiger partial charge in [0.05, 0.1) is 4.92 Å². The van der Waals surface area contributed by atoms with E-state index in [9.17, 15) is 14.5 Å². The third kappa shape index (κ3) is 3.86. The zero-order chi connectivity index (χ0) is 15.2. The number of nitrogens with zero attached hydrogens (tertiary/aromatic N) is 1. The lowest BCUT2D eigenvalue weighted by atomic mass is 10.1. The number of benzene rings is 2. The summed E-state index contributed by atoms with van der Waals surface area (Å²) in [5, 5.41) is 14.1. The van der Waals surface area contributed by atoms with Crippen LogP contribution in [0.2, 0.25) is 0 Å². The molecule has 0 bridgehead atoms. The van der Waals surface area contributed by atoms with E-state index < -0.39 is 10.7 Å². The fourth-order valence-electron chi connectivity index (χ4n) is 2.28. The number of nitrogens with one attached hydrogen (secondary N) is 1. The summed E-state index contributed by atoms with van der Waals surface area (Å²) in [5.74, 6) is -0.466. The zero-order valence-electron chi connectivity index (χ0n) is 11.8. The van der Waals surface area contributed by atoms with Gasteiger partial charge >= 0.3 is 0 Å². The molecule has 0 heterocycles. The van der Waals surface area contributed by atoms with E-state index in [1.165, 1.54) is 17.7 Å². The zero-order valence-corrected chi connectivity index (χ0v) is 11.8. The summed E-state index contributed by atoms with van der Waals surface area (Å²) in [7, 11) is 0. The van der Waals surface area contributed by atoms with Crippen molar-refractivity contribution in [1.82, 2.24) is 5.32 Å². The molecule has 4 nitrogen and oxygen atoms in total. The number of rotatable bonds is 6. The molecule has 21 heavy (non-hydrogen) atoms. The van der Waals surface area contributed by atoms with Crippen LogP contribution in [0, 0.1) is 15.9 Å². The van der Waals surface area contributed by atoms with E-state index in [0.29, 0.717) is 12.1 Å². The minimum absolute atomic E-state index is 0.0623.